The summed E-state index contributed by atoms with van der Waals surface area (Å²) in [5.74, 6) is -1.38. The summed E-state index contributed by atoms with van der Waals surface area (Å²) in [6, 6.07) is 29.9. The van der Waals surface area contributed by atoms with Gasteiger partial charge in [-0.1, -0.05) is 36.4 Å². The highest BCUT2D eigenvalue weighted by Gasteiger charge is 2.30. The highest BCUT2D eigenvalue weighted by atomic mass is 32.2. The van der Waals surface area contributed by atoms with Crippen LogP contribution in [0.2, 0.25) is 0 Å². The summed E-state index contributed by atoms with van der Waals surface area (Å²) in [5, 5.41) is 0. The van der Waals surface area contributed by atoms with Crippen molar-refractivity contribution >= 4 is 21.0 Å². The van der Waals surface area contributed by atoms with Crippen molar-refractivity contribution in [3.63, 3.8) is 0 Å². The first-order valence-corrected chi connectivity index (χ1v) is 12.7. The van der Waals surface area contributed by atoms with Crippen LogP contribution in [-0.2, 0) is 21.0 Å². The minimum atomic E-state index is -5.16. The van der Waals surface area contributed by atoms with E-state index in [1.54, 1.807) is 0 Å². The second-order valence-corrected chi connectivity index (χ2v) is 11.4. The van der Waals surface area contributed by atoms with Gasteiger partial charge in [-0.25, -0.2) is 8.42 Å². The summed E-state index contributed by atoms with van der Waals surface area (Å²) in [6.07, 6.45) is -4.92. The second kappa shape index (κ2) is 11.1. The molecule has 0 heterocycles. The molecule has 178 valence electrons. The molecule has 4 nitrogen and oxygen atoms in total. The Balaban J connectivity index is 0.000000365. The molecule has 0 saturated carbocycles. The lowest BCUT2D eigenvalue weighted by molar-refractivity contribution is -0.107. The fourth-order valence-electron chi connectivity index (χ4n) is 2.72. The van der Waals surface area contributed by atoms with Gasteiger partial charge in [0.2, 0.25) is 0 Å². The van der Waals surface area contributed by atoms with E-state index in [9.17, 15) is 26.1 Å². The summed E-state index contributed by atoms with van der Waals surface area (Å²) >= 11 is 0. The number of halogens is 3. The van der Waals surface area contributed by atoms with E-state index in [-0.39, 0.29) is 16.5 Å². The molecule has 0 fully saturated rings. The molecule has 9 heteroatoms. The van der Waals surface area contributed by atoms with Crippen LogP contribution in [0.15, 0.2) is 99.6 Å². The van der Waals surface area contributed by atoms with Crippen molar-refractivity contribution < 1.29 is 30.9 Å². The maximum absolute atomic E-state index is 11.0. The number of alkyl halides is 3. The van der Waals surface area contributed by atoms with Crippen molar-refractivity contribution in [3.8, 4) is 5.75 Å². The Morgan fingerprint density at radius 3 is 1.45 bits per heavy atom. The Morgan fingerprint density at radius 1 is 0.758 bits per heavy atom. The van der Waals surface area contributed by atoms with E-state index >= 15 is 0 Å². The molecule has 0 aliphatic rings. The van der Waals surface area contributed by atoms with Crippen molar-refractivity contribution in [3.05, 3.63) is 84.9 Å². The maximum atomic E-state index is 11.0. The van der Waals surface area contributed by atoms with E-state index in [1.165, 1.54) is 14.7 Å². The van der Waals surface area contributed by atoms with E-state index in [1.807, 2.05) is 0 Å². The molecule has 0 aromatic heterocycles. The van der Waals surface area contributed by atoms with Crippen LogP contribution in [-0.4, -0.2) is 30.5 Å². The lowest BCUT2D eigenvalue weighted by Gasteiger charge is -2.21. The van der Waals surface area contributed by atoms with E-state index in [4.69, 9.17) is 4.74 Å². The van der Waals surface area contributed by atoms with Crippen LogP contribution in [0.5, 0.6) is 5.75 Å². The van der Waals surface area contributed by atoms with Gasteiger partial charge >= 0.3 is 6.18 Å². The van der Waals surface area contributed by atoms with Crippen molar-refractivity contribution in [2.45, 2.75) is 47.2 Å². The Morgan fingerprint density at radius 2 is 1.15 bits per heavy atom. The van der Waals surface area contributed by atoms with Crippen molar-refractivity contribution in [1.82, 2.24) is 0 Å². The molecule has 3 aromatic rings. The molecule has 3 aromatic carbocycles. The number of hydrogen-bond donors (Lipinski definition) is 0. The maximum Gasteiger partial charge on any atom is 0.401 e. The second-order valence-electron chi connectivity index (χ2n) is 7.94. The van der Waals surface area contributed by atoms with Crippen LogP contribution in [0.1, 0.15) is 20.8 Å². The molecule has 0 amide bonds. The third-order valence-corrected chi connectivity index (χ3v) is 6.69. The molecule has 0 bridgehead atoms. The van der Waals surface area contributed by atoms with E-state index < -0.39 is 22.0 Å². The Kier molecular flexibility index (Phi) is 8.99. The van der Waals surface area contributed by atoms with Gasteiger partial charge in [0.15, 0.2) is 14.7 Å². The summed E-state index contributed by atoms with van der Waals surface area (Å²) in [7, 11) is -5.26. The van der Waals surface area contributed by atoms with Crippen LogP contribution in [0.4, 0.5) is 13.2 Å². The average molecular weight is 499 g/mol. The molecule has 0 radical (unpaired) electrons. The smallest absolute Gasteiger partial charge is 0.401 e. The van der Waals surface area contributed by atoms with Gasteiger partial charge < -0.3 is 9.29 Å². The third-order valence-electron chi connectivity index (χ3n) is 3.78. The Labute approximate surface area is 195 Å². The summed E-state index contributed by atoms with van der Waals surface area (Å²) in [5.41, 5.74) is -0.179. The minimum absolute atomic E-state index is 0.102. The molecule has 0 saturated heterocycles. The first-order valence-electron chi connectivity index (χ1n) is 9.87. The summed E-state index contributed by atoms with van der Waals surface area (Å²) in [4.78, 5) is 3.95. The van der Waals surface area contributed by atoms with Gasteiger partial charge in [0, 0.05) is 0 Å². The zero-order chi connectivity index (χ0) is 24.7. The molecule has 0 aliphatic carbocycles. The number of ether oxygens (including phenoxy) is 1. The highest BCUT2D eigenvalue weighted by molar-refractivity contribution is 7.97. The highest BCUT2D eigenvalue weighted by Crippen LogP contribution is 2.32. The largest absolute Gasteiger partial charge is 0.748 e. The number of rotatable bonds is 5. The topological polar surface area (TPSA) is 66.4 Å². The molecule has 0 unspecified atom stereocenters. The normalized spacial score (nSPS) is 12.1. The quantitative estimate of drug-likeness (QED) is 0.317. The molecular weight excluding hydrogens is 473 g/mol. The molecule has 3 rings (SSSR count). The first kappa shape index (κ1) is 26.8. The standard InChI is InChI=1S/C22H23OS.C2H3F3O3S/c1-22(2,3)23-18-14-16-21(17-15-18)24(19-10-6-4-7-11-19)20-12-8-5-9-13-20;3-2(4,5)1-9(6,7)8/h4-17H,1-3H3;1H2,(H,6,7,8)/q+1;/p-1. The van der Waals surface area contributed by atoms with Crippen molar-refractivity contribution in [2.24, 2.45) is 0 Å². The molecule has 33 heavy (non-hydrogen) atoms. The number of benzene rings is 3. The first-order chi connectivity index (χ1) is 15.2. The van der Waals surface area contributed by atoms with Gasteiger partial charge in [-0.3, -0.25) is 0 Å². The lowest BCUT2D eigenvalue weighted by Crippen LogP contribution is -2.22. The van der Waals surface area contributed by atoms with Gasteiger partial charge in [-0.15, -0.1) is 0 Å². The lowest BCUT2D eigenvalue weighted by atomic mass is 10.2. The van der Waals surface area contributed by atoms with Crippen molar-refractivity contribution in [1.29, 1.82) is 0 Å². The monoisotopic (exact) mass is 498 g/mol. The molecule has 0 aliphatic heterocycles. The average Bonchev–Trinajstić information content (AvgIpc) is 2.68. The van der Waals surface area contributed by atoms with E-state index in [0.717, 1.165) is 5.75 Å². The van der Waals surface area contributed by atoms with Gasteiger partial charge in [0.05, 0.1) is 10.9 Å². The van der Waals surface area contributed by atoms with Crippen LogP contribution < -0.4 is 4.74 Å². The molecule has 0 N–H and O–H groups in total. The Hall–Kier alpha value is -2.49. The summed E-state index contributed by atoms with van der Waals surface area (Å²) in [6.45, 7) is 6.21. The van der Waals surface area contributed by atoms with Crippen LogP contribution in [0.25, 0.3) is 0 Å². The van der Waals surface area contributed by atoms with E-state index in [0.29, 0.717) is 0 Å². The van der Waals surface area contributed by atoms with Gasteiger partial charge in [0.1, 0.15) is 27.2 Å². The van der Waals surface area contributed by atoms with Gasteiger partial charge in [-0.2, -0.15) is 13.2 Å². The predicted octanol–water partition coefficient (Wildman–Crippen LogP) is 6.05. The van der Waals surface area contributed by atoms with Gasteiger partial charge in [0.25, 0.3) is 0 Å². The van der Waals surface area contributed by atoms with Crippen LogP contribution in [0.3, 0.4) is 0 Å². The SMILES string of the molecule is CC(C)(C)Oc1ccc([S+](c2ccccc2)c2ccccc2)cc1.O=S(=O)([O-])CC(F)(F)F. The molecule has 0 atom stereocenters. The third kappa shape index (κ3) is 10.3. The fourth-order valence-corrected chi connectivity index (χ4v) is 5.20. The van der Waals surface area contributed by atoms with Gasteiger partial charge in [-0.05, 0) is 69.3 Å². The molecular formula is C24H25F3O4S2. The van der Waals surface area contributed by atoms with Crippen LogP contribution in [0, 0.1) is 0 Å². The Bertz CT molecular complexity index is 1050. The van der Waals surface area contributed by atoms with E-state index in [2.05, 4.69) is 106 Å². The fraction of sp³-hybridized carbons (Fsp3) is 0.250. The van der Waals surface area contributed by atoms with Crippen LogP contribution >= 0.6 is 0 Å². The minimum Gasteiger partial charge on any atom is -0.748 e. The predicted molar refractivity (Wildman–Crippen MR) is 122 cm³/mol. The number of hydrogen-bond acceptors (Lipinski definition) is 4. The summed E-state index contributed by atoms with van der Waals surface area (Å²) < 4.78 is 67.0. The zero-order valence-electron chi connectivity index (χ0n) is 18.4. The molecule has 0 spiro atoms. The van der Waals surface area contributed by atoms with Crippen molar-refractivity contribution in [2.75, 3.05) is 5.75 Å². The zero-order valence-corrected chi connectivity index (χ0v) is 20.0.